The lowest BCUT2D eigenvalue weighted by molar-refractivity contribution is -0.119. The molecule has 98 valence electrons. The molecule has 2 aromatic rings. The van der Waals surface area contributed by atoms with Crippen molar-refractivity contribution in [1.29, 1.82) is 0 Å². The first-order chi connectivity index (χ1) is 9.25. The Morgan fingerprint density at radius 3 is 3.11 bits per heavy atom. The van der Waals surface area contributed by atoms with Gasteiger partial charge in [0, 0.05) is 18.1 Å². The third-order valence-corrected chi connectivity index (χ3v) is 3.74. The maximum Gasteiger partial charge on any atom is 0.228 e. The maximum absolute atomic E-state index is 12.1. The molecule has 1 aliphatic heterocycles. The molecule has 1 fully saturated rings. The predicted molar refractivity (Wildman–Crippen MR) is 76.4 cm³/mol. The molecule has 1 saturated heterocycles. The number of hydrogen-bond donors (Lipinski definition) is 2. The zero-order valence-electron chi connectivity index (χ0n) is 10.3. The van der Waals surface area contributed by atoms with E-state index in [9.17, 15) is 4.79 Å². The van der Waals surface area contributed by atoms with Gasteiger partial charge in [0.25, 0.3) is 0 Å². The van der Waals surface area contributed by atoms with Crippen molar-refractivity contribution >= 4 is 34.1 Å². The molecule has 1 unspecified atom stereocenters. The van der Waals surface area contributed by atoms with Crippen LogP contribution in [0.15, 0.2) is 30.5 Å². The second-order valence-electron chi connectivity index (χ2n) is 4.67. The number of rotatable bonds is 2. The predicted octanol–water partition coefficient (Wildman–Crippen LogP) is 2.44. The molecule has 19 heavy (non-hydrogen) atoms. The van der Waals surface area contributed by atoms with Crippen LogP contribution >= 0.6 is 11.6 Å². The lowest BCUT2D eigenvalue weighted by Crippen LogP contribution is -2.24. The molecular formula is C14H14ClN3O. The van der Waals surface area contributed by atoms with Crippen LogP contribution in [0.25, 0.3) is 10.9 Å². The Bertz CT molecular complexity index is 623. The monoisotopic (exact) mass is 275 g/mol. The first-order valence-corrected chi connectivity index (χ1v) is 6.68. The Labute approximate surface area is 116 Å². The molecule has 1 aromatic heterocycles. The SMILES string of the molecule is O=C(Nc1ccc(Cl)c2cccnc12)C1CCNC1. The molecule has 0 saturated carbocycles. The van der Waals surface area contributed by atoms with E-state index < -0.39 is 0 Å². The highest BCUT2D eigenvalue weighted by Crippen LogP contribution is 2.28. The molecule has 0 spiro atoms. The fraction of sp³-hybridized carbons (Fsp3) is 0.286. The standard InChI is InChI=1S/C14H14ClN3O/c15-11-3-4-12(13-10(11)2-1-6-17-13)18-14(19)9-5-7-16-8-9/h1-4,6,9,16H,5,7-8H2,(H,18,19). The van der Waals surface area contributed by atoms with Crippen molar-refractivity contribution in [1.82, 2.24) is 10.3 Å². The van der Waals surface area contributed by atoms with Gasteiger partial charge in [-0.3, -0.25) is 9.78 Å². The minimum absolute atomic E-state index is 0.0365. The summed E-state index contributed by atoms with van der Waals surface area (Å²) < 4.78 is 0. The van der Waals surface area contributed by atoms with Gasteiger partial charge in [-0.25, -0.2) is 0 Å². The number of anilines is 1. The van der Waals surface area contributed by atoms with Crippen molar-refractivity contribution < 1.29 is 4.79 Å². The summed E-state index contributed by atoms with van der Waals surface area (Å²) in [5, 5.41) is 7.64. The highest BCUT2D eigenvalue weighted by atomic mass is 35.5. The number of halogens is 1. The number of carbonyl (C=O) groups excluding carboxylic acids is 1. The van der Waals surface area contributed by atoms with Crippen molar-refractivity contribution in [2.24, 2.45) is 5.92 Å². The highest BCUT2D eigenvalue weighted by Gasteiger charge is 2.23. The van der Waals surface area contributed by atoms with Gasteiger partial charge in [-0.1, -0.05) is 11.6 Å². The van der Waals surface area contributed by atoms with E-state index in [-0.39, 0.29) is 11.8 Å². The van der Waals surface area contributed by atoms with E-state index in [0.29, 0.717) is 5.02 Å². The number of aromatic nitrogens is 1. The van der Waals surface area contributed by atoms with Crippen molar-refractivity contribution in [3.8, 4) is 0 Å². The van der Waals surface area contributed by atoms with Gasteiger partial charge in [0.05, 0.1) is 22.1 Å². The summed E-state index contributed by atoms with van der Waals surface area (Å²) in [6.45, 7) is 1.64. The van der Waals surface area contributed by atoms with Gasteiger partial charge >= 0.3 is 0 Å². The summed E-state index contributed by atoms with van der Waals surface area (Å²) in [7, 11) is 0. The van der Waals surface area contributed by atoms with E-state index in [1.807, 2.05) is 12.1 Å². The van der Waals surface area contributed by atoms with Crippen LogP contribution in [-0.4, -0.2) is 24.0 Å². The van der Waals surface area contributed by atoms with Crippen molar-refractivity contribution in [2.45, 2.75) is 6.42 Å². The van der Waals surface area contributed by atoms with Crippen LogP contribution < -0.4 is 10.6 Å². The third kappa shape index (κ3) is 2.41. The van der Waals surface area contributed by atoms with E-state index in [4.69, 9.17) is 11.6 Å². The third-order valence-electron chi connectivity index (χ3n) is 3.41. The fourth-order valence-corrected chi connectivity index (χ4v) is 2.57. The molecule has 0 bridgehead atoms. The molecule has 1 atom stereocenters. The molecule has 3 rings (SSSR count). The molecule has 2 heterocycles. The average molecular weight is 276 g/mol. The maximum atomic E-state index is 12.1. The lowest BCUT2D eigenvalue weighted by Gasteiger charge is -2.12. The topological polar surface area (TPSA) is 54.0 Å². The summed E-state index contributed by atoms with van der Waals surface area (Å²) in [6.07, 6.45) is 2.58. The van der Waals surface area contributed by atoms with E-state index in [0.717, 1.165) is 36.1 Å². The highest BCUT2D eigenvalue weighted by molar-refractivity contribution is 6.35. The van der Waals surface area contributed by atoms with Gasteiger partial charge in [0.15, 0.2) is 0 Å². The van der Waals surface area contributed by atoms with E-state index in [2.05, 4.69) is 15.6 Å². The quantitative estimate of drug-likeness (QED) is 0.885. The molecule has 4 nitrogen and oxygen atoms in total. The fourth-order valence-electron chi connectivity index (χ4n) is 2.35. The molecule has 0 radical (unpaired) electrons. The van der Waals surface area contributed by atoms with Crippen LogP contribution in [0.5, 0.6) is 0 Å². The Morgan fingerprint density at radius 2 is 2.32 bits per heavy atom. The molecule has 0 aliphatic carbocycles. The molecule has 1 aliphatic rings. The van der Waals surface area contributed by atoms with Crippen LogP contribution in [0.2, 0.25) is 5.02 Å². The minimum atomic E-state index is 0.0365. The second kappa shape index (κ2) is 5.15. The van der Waals surface area contributed by atoms with Crippen molar-refractivity contribution in [3.63, 3.8) is 0 Å². The van der Waals surface area contributed by atoms with Crippen molar-refractivity contribution in [3.05, 3.63) is 35.5 Å². The smallest absolute Gasteiger partial charge is 0.228 e. The largest absolute Gasteiger partial charge is 0.324 e. The lowest BCUT2D eigenvalue weighted by atomic mass is 10.1. The van der Waals surface area contributed by atoms with Gasteiger partial charge in [-0.05, 0) is 37.2 Å². The van der Waals surface area contributed by atoms with Crippen LogP contribution in [0.1, 0.15) is 6.42 Å². The summed E-state index contributed by atoms with van der Waals surface area (Å²) in [6, 6.07) is 7.32. The van der Waals surface area contributed by atoms with Gasteiger partial charge in [-0.15, -0.1) is 0 Å². The Hall–Kier alpha value is -1.65. The molecule has 1 aromatic carbocycles. The number of pyridine rings is 1. The summed E-state index contributed by atoms with van der Waals surface area (Å²) in [5.74, 6) is 0.0775. The number of fused-ring (bicyclic) bond motifs is 1. The van der Waals surface area contributed by atoms with Crippen LogP contribution in [0.3, 0.4) is 0 Å². The number of carbonyl (C=O) groups is 1. The molecule has 1 amide bonds. The zero-order valence-corrected chi connectivity index (χ0v) is 11.1. The van der Waals surface area contributed by atoms with E-state index in [1.54, 1.807) is 18.3 Å². The van der Waals surface area contributed by atoms with Gasteiger partial charge in [-0.2, -0.15) is 0 Å². The van der Waals surface area contributed by atoms with Gasteiger partial charge in [0.2, 0.25) is 5.91 Å². The minimum Gasteiger partial charge on any atom is -0.324 e. The first kappa shape index (κ1) is 12.4. The van der Waals surface area contributed by atoms with Crippen molar-refractivity contribution in [2.75, 3.05) is 18.4 Å². The Kier molecular flexibility index (Phi) is 3.36. The Balaban J connectivity index is 1.92. The average Bonchev–Trinajstić information content (AvgIpc) is 2.96. The number of hydrogen-bond acceptors (Lipinski definition) is 3. The zero-order chi connectivity index (χ0) is 13.2. The van der Waals surface area contributed by atoms with Crippen LogP contribution in [0.4, 0.5) is 5.69 Å². The molecule has 2 N–H and O–H groups in total. The number of nitrogens with one attached hydrogen (secondary N) is 2. The van der Waals surface area contributed by atoms with Gasteiger partial charge in [0.1, 0.15) is 0 Å². The number of benzene rings is 1. The summed E-state index contributed by atoms with van der Waals surface area (Å²) in [5.41, 5.74) is 1.45. The number of amides is 1. The second-order valence-corrected chi connectivity index (χ2v) is 5.08. The molecular weight excluding hydrogens is 262 g/mol. The van der Waals surface area contributed by atoms with Crippen LogP contribution in [-0.2, 0) is 4.79 Å². The summed E-state index contributed by atoms with van der Waals surface area (Å²) >= 11 is 6.13. The molecule has 5 heteroatoms. The Morgan fingerprint density at radius 1 is 1.42 bits per heavy atom. The number of nitrogens with zero attached hydrogens (tertiary/aromatic N) is 1. The van der Waals surface area contributed by atoms with E-state index in [1.165, 1.54) is 0 Å². The first-order valence-electron chi connectivity index (χ1n) is 6.30. The normalized spacial score (nSPS) is 18.7. The summed E-state index contributed by atoms with van der Waals surface area (Å²) in [4.78, 5) is 16.4. The van der Waals surface area contributed by atoms with Crippen LogP contribution in [0, 0.1) is 5.92 Å². The van der Waals surface area contributed by atoms with E-state index >= 15 is 0 Å². The van der Waals surface area contributed by atoms with Gasteiger partial charge < -0.3 is 10.6 Å².